The second kappa shape index (κ2) is 33.2. The fourth-order valence-corrected chi connectivity index (χ4v) is 19.6. The summed E-state index contributed by atoms with van der Waals surface area (Å²) in [6.45, 7) is 7.61. The van der Waals surface area contributed by atoms with Crippen LogP contribution in [0.3, 0.4) is 0 Å². The molecule has 135 heavy (non-hydrogen) atoms. The second-order valence-corrected chi connectivity index (χ2v) is 34.0. The molecule has 0 radical (unpaired) electrons. The molecule has 0 aliphatic heterocycles. The summed E-state index contributed by atoms with van der Waals surface area (Å²) in [5.41, 5.74) is 28.6. The Labute approximate surface area is 775 Å². The maximum absolute atomic E-state index is 7.61. The van der Waals surface area contributed by atoms with Crippen molar-refractivity contribution in [2.45, 2.75) is 0 Å². The molecule has 0 fully saturated rings. The molecule has 0 bridgehead atoms. The molecule has 0 atom stereocenters. The Morgan fingerprint density at radius 3 is 0.941 bits per heavy atom. The van der Waals surface area contributed by atoms with Crippen LogP contribution in [-0.2, 0) is 0 Å². The van der Waals surface area contributed by atoms with Crippen LogP contribution in [0.1, 0.15) is 0 Å². The van der Waals surface area contributed by atoms with E-state index in [1.54, 1.807) is 0 Å². The highest BCUT2D eigenvalue weighted by Crippen LogP contribution is 2.48. The number of benzene rings is 19. The number of hydrogen-bond acceptors (Lipinski definition) is 9. The molecule has 8 aromatic heterocycles. The topological polar surface area (TPSA) is 125 Å². The lowest BCUT2D eigenvalue weighted by molar-refractivity contribution is 1.07. The lowest BCUT2D eigenvalue weighted by Gasteiger charge is -2.19. The van der Waals surface area contributed by atoms with E-state index in [2.05, 4.69) is 325 Å². The first-order valence-corrected chi connectivity index (χ1v) is 45.2. The maximum Gasteiger partial charge on any atom is 0.188 e. The molecule has 0 spiro atoms. The van der Waals surface area contributed by atoms with Gasteiger partial charge >= 0.3 is 0 Å². The Bertz CT molecular complexity index is 9380. The molecule has 0 N–H and O–H groups in total. The van der Waals surface area contributed by atoms with Crippen molar-refractivity contribution >= 4 is 158 Å². The number of aromatic nitrogens is 10. The fourth-order valence-electron chi connectivity index (χ4n) is 19.6. The van der Waals surface area contributed by atoms with E-state index < -0.39 is 0 Å². The Hall–Kier alpha value is -18.5. The van der Waals surface area contributed by atoms with Crippen molar-refractivity contribution in [2.24, 2.45) is 0 Å². The molecule has 0 amide bonds. The lowest BCUT2D eigenvalue weighted by Crippen LogP contribution is -2.00. The van der Waals surface area contributed by atoms with Gasteiger partial charge in [-0.15, -0.1) is 0 Å². The van der Waals surface area contributed by atoms with Crippen molar-refractivity contribution in [3.8, 4) is 107 Å². The highest BCUT2D eigenvalue weighted by atomic mass is 15.0. The molecule has 19 aromatic carbocycles. The number of pyridine rings is 6. The third-order valence-corrected chi connectivity index (χ3v) is 26.0. The Balaban J connectivity index is 0.000000108. The summed E-state index contributed by atoms with van der Waals surface area (Å²) in [5, 5.41) is 19.3. The Morgan fingerprint density at radius 1 is 0.185 bits per heavy atom. The molecule has 27 aromatic rings. The van der Waals surface area contributed by atoms with Gasteiger partial charge in [-0.3, -0.25) is 0 Å². The minimum Gasteiger partial charge on any atom is -0.309 e. The quantitative estimate of drug-likeness (QED) is 0.0747. The average molecular weight is 1720 g/mol. The van der Waals surface area contributed by atoms with Crippen LogP contribution in [0, 0.1) is 6.57 Å². The predicted octanol–water partition coefficient (Wildman–Crippen LogP) is 32.1. The Kier molecular flexibility index (Phi) is 19.4. The van der Waals surface area contributed by atoms with Crippen molar-refractivity contribution in [3.05, 3.63) is 466 Å². The zero-order chi connectivity index (χ0) is 89.4. The van der Waals surface area contributed by atoms with Crippen LogP contribution >= 0.6 is 0 Å². The first kappa shape index (κ1) is 78.7. The second-order valence-electron chi connectivity index (χ2n) is 34.0. The average Bonchev–Trinajstić information content (AvgIpc) is 1.52. The first-order chi connectivity index (χ1) is 66.9. The van der Waals surface area contributed by atoms with E-state index in [0.29, 0.717) is 23.2 Å². The normalized spacial score (nSPS) is 11.5. The summed E-state index contributed by atoms with van der Waals surface area (Å²) in [5.74, 6) is 1.91. The predicted molar refractivity (Wildman–Crippen MR) is 559 cm³/mol. The van der Waals surface area contributed by atoms with Crippen molar-refractivity contribution in [2.75, 3.05) is 0 Å². The van der Waals surface area contributed by atoms with E-state index in [-0.39, 0.29) is 0 Å². The van der Waals surface area contributed by atoms with Gasteiger partial charge in [0.2, 0.25) is 0 Å². The van der Waals surface area contributed by atoms with Crippen LogP contribution in [0.15, 0.2) is 455 Å². The van der Waals surface area contributed by atoms with E-state index in [9.17, 15) is 0 Å². The summed E-state index contributed by atoms with van der Waals surface area (Å²) < 4.78 is 2.28. The first-order valence-electron chi connectivity index (χ1n) is 45.2. The molecule has 11 heteroatoms. The van der Waals surface area contributed by atoms with Gasteiger partial charge in [-0.1, -0.05) is 364 Å². The van der Waals surface area contributed by atoms with Crippen molar-refractivity contribution < 1.29 is 0 Å². The van der Waals surface area contributed by atoms with Gasteiger partial charge in [-0.2, -0.15) is 0 Å². The number of para-hydroxylation sites is 7. The lowest BCUT2D eigenvalue weighted by atomic mass is 9.84. The molecule has 626 valence electrons. The highest BCUT2D eigenvalue weighted by molar-refractivity contribution is 6.24. The zero-order valence-corrected chi connectivity index (χ0v) is 72.7. The zero-order valence-electron chi connectivity index (χ0n) is 72.7. The molecular weight excluding hydrogens is 1640 g/mol. The number of hydrogen-bond donors (Lipinski definition) is 0. The number of nitrogens with zero attached hydrogens (tertiary/aromatic N) is 11. The SMILES string of the molecule is [C-]#[N+]c1ccc2c(c1)c1cc(-c3ccc(-c4nc5ccccc5c5nc6ccccc6cc45)cc3)ccc1n2-c1ccccc1.c1ccc(-c2nc(-c3ccccc3)nc(-c3ccc(-c4nc5ccccc5c5nc6ccccc6cc45)cc3)n2)cc1.c1ccc2nc3c(cc2c1)c(-c1ccc(-c2c4ccccc4c(-c4cccc5ccccc45)c4ccccc24)cc1)nc1ccccc13. The molecule has 0 saturated heterocycles. The van der Waals surface area contributed by atoms with E-state index in [1.807, 2.05) is 140 Å². The summed E-state index contributed by atoms with van der Waals surface area (Å²) in [4.78, 5) is 49.0. The third kappa shape index (κ3) is 14.1. The molecule has 0 aliphatic rings. The van der Waals surface area contributed by atoms with E-state index in [1.165, 1.54) is 54.6 Å². The van der Waals surface area contributed by atoms with E-state index >= 15 is 0 Å². The van der Waals surface area contributed by atoms with Crippen LogP contribution in [0.5, 0.6) is 0 Å². The van der Waals surface area contributed by atoms with Crippen LogP contribution in [-0.4, -0.2) is 49.4 Å². The van der Waals surface area contributed by atoms with Gasteiger partial charge in [0.25, 0.3) is 0 Å². The van der Waals surface area contributed by atoms with E-state index in [4.69, 9.17) is 51.4 Å². The van der Waals surface area contributed by atoms with Gasteiger partial charge < -0.3 is 4.57 Å². The summed E-state index contributed by atoms with van der Waals surface area (Å²) in [6.07, 6.45) is 0. The summed E-state index contributed by atoms with van der Waals surface area (Å²) in [7, 11) is 0. The van der Waals surface area contributed by atoms with Gasteiger partial charge in [-0.05, 0) is 162 Å². The molecule has 11 nitrogen and oxygen atoms in total. The molecule has 0 aliphatic carbocycles. The molecule has 8 heterocycles. The third-order valence-electron chi connectivity index (χ3n) is 26.0. The van der Waals surface area contributed by atoms with Gasteiger partial charge in [-0.25, -0.2) is 49.7 Å². The molecular formula is C124H75N11. The number of rotatable bonds is 10. The van der Waals surface area contributed by atoms with Gasteiger partial charge in [0.05, 0.1) is 84.3 Å². The molecule has 27 rings (SSSR count). The van der Waals surface area contributed by atoms with Crippen LogP contribution in [0.4, 0.5) is 5.69 Å². The van der Waals surface area contributed by atoms with Crippen LogP contribution in [0.25, 0.3) is 264 Å². The van der Waals surface area contributed by atoms with Crippen LogP contribution in [0.2, 0.25) is 0 Å². The van der Waals surface area contributed by atoms with Crippen molar-refractivity contribution in [1.29, 1.82) is 0 Å². The van der Waals surface area contributed by atoms with E-state index in [0.717, 1.165) is 187 Å². The van der Waals surface area contributed by atoms with Gasteiger partial charge in [0, 0.05) is 92.9 Å². The smallest absolute Gasteiger partial charge is 0.188 e. The van der Waals surface area contributed by atoms with Gasteiger partial charge in [0.15, 0.2) is 23.2 Å². The van der Waals surface area contributed by atoms with Crippen molar-refractivity contribution in [3.63, 3.8) is 0 Å². The standard InChI is InChI=1S/C46H28N2.C41H24N4.C37H23N5/c1-3-15-33-29(12-1)14-11-21-34(33)44-37-18-6-4-16-35(37)43(36-17-5-7-19-38(36)44)30-24-26-31(27-25-30)45-40-28-32-13-2-9-22-41(32)47-46(40)39-20-8-10-23-42(39)48-45;1-42-30-20-22-39-34(25-30)33-23-28(19-21-38(33)45(39)31-10-3-2-4-11-31)26-15-17-27(18-16-26)40-35-24-29-9-5-7-13-36(29)43-41(35)32-12-6-8-14-37(32)44-40;1-3-11-25(12-4-1)35-40-36(26-13-5-2-6-14-26)42-37(41-35)27-21-19-24(20-22-27)33-30-23-28-15-7-9-17-31(28)38-34(30)29-16-8-10-18-32(29)39-33/h1-28H;2-25H;1-23H. The monoisotopic (exact) mass is 1720 g/mol. The van der Waals surface area contributed by atoms with Gasteiger partial charge in [0.1, 0.15) is 0 Å². The summed E-state index contributed by atoms with van der Waals surface area (Å²) >= 11 is 0. The fraction of sp³-hybridized carbons (Fsp3) is 0. The minimum atomic E-state index is 0.623. The number of fused-ring (bicyclic) bond motifs is 18. The van der Waals surface area contributed by atoms with Crippen LogP contribution < -0.4 is 0 Å². The summed E-state index contributed by atoms with van der Waals surface area (Å²) in [6, 6.07) is 158. The maximum atomic E-state index is 7.61. The molecule has 0 unspecified atom stereocenters. The Morgan fingerprint density at radius 2 is 0.504 bits per heavy atom. The largest absolute Gasteiger partial charge is 0.309 e. The minimum absolute atomic E-state index is 0.623. The molecule has 0 saturated carbocycles. The highest BCUT2D eigenvalue weighted by Gasteiger charge is 2.24. The van der Waals surface area contributed by atoms with Crippen molar-refractivity contribution in [1.82, 2.24) is 49.4 Å².